The van der Waals surface area contributed by atoms with Crippen LogP contribution in [-0.2, 0) is 0 Å². The monoisotopic (exact) mass is 474 g/mol. The summed E-state index contributed by atoms with van der Waals surface area (Å²) in [4.78, 5) is 0. The van der Waals surface area contributed by atoms with E-state index in [1.807, 2.05) is 48.5 Å². The number of aryl methyl sites for hydroxylation is 4. The molecule has 3 heteroatoms. The summed E-state index contributed by atoms with van der Waals surface area (Å²) < 4.78 is 1.19. The molecule has 0 aromatic heterocycles. The predicted molar refractivity (Wildman–Crippen MR) is 140 cm³/mol. The summed E-state index contributed by atoms with van der Waals surface area (Å²) in [6.07, 6.45) is 0. The van der Waals surface area contributed by atoms with Crippen LogP contribution in [0.3, 0.4) is 0 Å². The Morgan fingerprint density at radius 1 is 0.613 bits per heavy atom. The molecule has 0 fully saturated rings. The van der Waals surface area contributed by atoms with Gasteiger partial charge in [0.05, 0.1) is 0 Å². The highest BCUT2D eigenvalue weighted by atomic mass is 79.9. The zero-order valence-electron chi connectivity index (χ0n) is 18.7. The first-order valence-electron chi connectivity index (χ1n) is 10.3. The number of hydrogen-bond acceptors (Lipinski definition) is 2. The Morgan fingerprint density at radius 3 is 1.58 bits per heavy atom. The quantitative estimate of drug-likeness (QED) is 0.286. The average Bonchev–Trinajstić information content (AvgIpc) is 2.75. The molecule has 160 valence electrons. The lowest BCUT2D eigenvalue weighted by Crippen LogP contribution is -1.92. The molecule has 2 nitrogen and oxygen atoms in total. The number of para-hydroxylation sites is 2. The minimum absolute atomic E-state index is 0.822. The first kappa shape index (κ1) is 24.2. The molecule has 0 heterocycles. The topological polar surface area (TPSA) is 38.0 Å². The van der Waals surface area contributed by atoms with Gasteiger partial charge in [-0.1, -0.05) is 87.7 Å². The predicted octanol–water partition coefficient (Wildman–Crippen LogP) is 8.38. The molecule has 0 atom stereocenters. The molecule has 3 N–H and O–H groups in total. The minimum atomic E-state index is 0.822. The molecule has 4 rings (SSSR count). The molecule has 0 aliphatic carbocycles. The summed E-state index contributed by atoms with van der Waals surface area (Å²) in [6.45, 7) is 8.42. The van der Waals surface area contributed by atoms with E-state index in [2.05, 4.69) is 97.5 Å². The first-order valence-corrected chi connectivity index (χ1v) is 11.1. The van der Waals surface area contributed by atoms with Crippen LogP contribution in [0.2, 0.25) is 0 Å². The van der Waals surface area contributed by atoms with Crippen molar-refractivity contribution in [3.63, 3.8) is 0 Å². The Hall–Kier alpha value is -3.04. The third-order valence-corrected chi connectivity index (χ3v) is 5.44. The van der Waals surface area contributed by atoms with Gasteiger partial charge in [0, 0.05) is 21.5 Å². The van der Waals surface area contributed by atoms with E-state index in [0.717, 1.165) is 11.4 Å². The number of rotatable bonds is 2. The van der Waals surface area contributed by atoms with E-state index in [-0.39, 0.29) is 0 Å². The summed E-state index contributed by atoms with van der Waals surface area (Å²) in [6, 6.07) is 32.5. The van der Waals surface area contributed by atoms with E-state index in [1.165, 1.54) is 32.4 Å². The molecule has 0 spiro atoms. The molecule has 4 aromatic carbocycles. The number of benzene rings is 4. The van der Waals surface area contributed by atoms with Crippen molar-refractivity contribution in [1.82, 2.24) is 0 Å². The molecule has 0 aliphatic heterocycles. The average molecular weight is 475 g/mol. The zero-order chi connectivity index (χ0) is 22.6. The maximum absolute atomic E-state index is 5.36. The van der Waals surface area contributed by atoms with Gasteiger partial charge in [-0.05, 0) is 75.2 Å². The fourth-order valence-corrected chi connectivity index (χ4v) is 3.13. The van der Waals surface area contributed by atoms with Gasteiger partial charge in [0.2, 0.25) is 0 Å². The highest BCUT2D eigenvalue weighted by molar-refractivity contribution is 9.10. The van der Waals surface area contributed by atoms with Crippen molar-refractivity contribution in [2.75, 3.05) is 11.1 Å². The van der Waals surface area contributed by atoms with Gasteiger partial charge in [-0.25, -0.2) is 0 Å². The smallest absolute Gasteiger partial charge is 0.0414 e. The maximum Gasteiger partial charge on any atom is 0.0414 e. The molecule has 0 radical (unpaired) electrons. The van der Waals surface area contributed by atoms with Gasteiger partial charge >= 0.3 is 0 Å². The van der Waals surface area contributed by atoms with Crippen LogP contribution in [0.15, 0.2) is 102 Å². The molecular weight excluding hydrogens is 444 g/mol. The molecule has 0 aliphatic rings. The summed E-state index contributed by atoms with van der Waals surface area (Å²) in [5, 5.41) is 3.40. The molecule has 0 bridgehead atoms. The van der Waals surface area contributed by atoms with Crippen LogP contribution >= 0.6 is 15.9 Å². The molecule has 0 saturated carbocycles. The van der Waals surface area contributed by atoms with E-state index < -0.39 is 0 Å². The van der Waals surface area contributed by atoms with Gasteiger partial charge in [-0.15, -0.1) is 0 Å². The van der Waals surface area contributed by atoms with E-state index in [0.29, 0.717) is 0 Å². The highest BCUT2D eigenvalue weighted by Gasteiger charge is 1.98. The van der Waals surface area contributed by atoms with Crippen molar-refractivity contribution >= 4 is 33.0 Å². The van der Waals surface area contributed by atoms with Crippen LogP contribution in [0.4, 0.5) is 17.1 Å². The van der Waals surface area contributed by atoms with Crippen LogP contribution in [0.1, 0.15) is 22.3 Å². The van der Waals surface area contributed by atoms with Gasteiger partial charge in [0.1, 0.15) is 0 Å². The number of nitrogen functional groups attached to an aromatic ring is 1. The van der Waals surface area contributed by atoms with Gasteiger partial charge in [0.25, 0.3) is 0 Å². The minimum Gasteiger partial charge on any atom is -0.399 e. The van der Waals surface area contributed by atoms with Crippen molar-refractivity contribution in [2.24, 2.45) is 0 Å². The van der Waals surface area contributed by atoms with Crippen molar-refractivity contribution < 1.29 is 0 Å². The van der Waals surface area contributed by atoms with Gasteiger partial charge in [-0.2, -0.15) is 0 Å². The van der Waals surface area contributed by atoms with Gasteiger partial charge in [-0.3, -0.25) is 0 Å². The second-order valence-electron chi connectivity index (χ2n) is 7.47. The Morgan fingerprint density at radius 2 is 1.13 bits per heavy atom. The van der Waals surface area contributed by atoms with Gasteiger partial charge in [0.15, 0.2) is 0 Å². The lowest BCUT2D eigenvalue weighted by Gasteiger charge is -2.09. The summed E-state index contributed by atoms with van der Waals surface area (Å²) >= 11 is 3.43. The van der Waals surface area contributed by atoms with Crippen LogP contribution in [0.25, 0.3) is 0 Å². The van der Waals surface area contributed by atoms with E-state index >= 15 is 0 Å². The SMILES string of the molecule is Cc1ccc(Br)c(C)c1.Cc1ccc(Nc2ccccc2)c(C)c1.Nc1ccccc1. The van der Waals surface area contributed by atoms with E-state index in [9.17, 15) is 0 Å². The van der Waals surface area contributed by atoms with Crippen molar-refractivity contribution in [2.45, 2.75) is 27.7 Å². The summed E-state index contributed by atoms with van der Waals surface area (Å²) in [5.41, 5.74) is 13.7. The zero-order valence-corrected chi connectivity index (χ0v) is 20.3. The molecule has 0 amide bonds. The molecule has 4 aromatic rings. The standard InChI is InChI=1S/C14H15N.C8H9Br.C6H7N/c1-11-8-9-14(12(2)10-11)15-13-6-4-3-5-7-13;1-6-3-4-8(9)7(2)5-6;7-6-4-2-1-3-5-6/h3-10,15H,1-2H3;3-5H,1-2H3;1-5H,7H2. The Bertz CT molecular complexity index is 1060. The maximum atomic E-state index is 5.36. The normalized spacial score (nSPS) is 9.58. The Kier molecular flexibility index (Phi) is 9.86. The fourth-order valence-electron chi connectivity index (χ4n) is 2.88. The lowest BCUT2D eigenvalue weighted by atomic mass is 10.1. The number of nitrogens with one attached hydrogen (secondary N) is 1. The molecule has 0 saturated heterocycles. The van der Waals surface area contributed by atoms with Crippen LogP contribution in [-0.4, -0.2) is 0 Å². The van der Waals surface area contributed by atoms with Crippen LogP contribution in [0, 0.1) is 27.7 Å². The number of hydrogen-bond donors (Lipinski definition) is 2. The van der Waals surface area contributed by atoms with Crippen molar-refractivity contribution in [3.05, 3.63) is 124 Å². The van der Waals surface area contributed by atoms with E-state index in [4.69, 9.17) is 5.73 Å². The molecule has 0 unspecified atom stereocenters. The van der Waals surface area contributed by atoms with Crippen molar-refractivity contribution in [1.29, 1.82) is 0 Å². The number of halogens is 1. The summed E-state index contributed by atoms with van der Waals surface area (Å²) in [5.74, 6) is 0. The highest BCUT2D eigenvalue weighted by Crippen LogP contribution is 2.21. The second kappa shape index (κ2) is 12.6. The van der Waals surface area contributed by atoms with Crippen LogP contribution < -0.4 is 11.1 Å². The largest absolute Gasteiger partial charge is 0.399 e. The summed E-state index contributed by atoms with van der Waals surface area (Å²) in [7, 11) is 0. The Balaban J connectivity index is 0.000000181. The van der Waals surface area contributed by atoms with E-state index in [1.54, 1.807) is 0 Å². The fraction of sp³-hybridized carbons (Fsp3) is 0.143. The van der Waals surface area contributed by atoms with Crippen LogP contribution in [0.5, 0.6) is 0 Å². The Labute approximate surface area is 195 Å². The van der Waals surface area contributed by atoms with Gasteiger partial charge < -0.3 is 11.1 Å². The van der Waals surface area contributed by atoms with Crippen molar-refractivity contribution in [3.8, 4) is 0 Å². The lowest BCUT2D eigenvalue weighted by molar-refractivity contribution is 1.36. The molecular formula is C28H31BrN2. The number of anilines is 3. The second-order valence-corrected chi connectivity index (χ2v) is 8.33. The third kappa shape index (κ3) is 9.10. The first-order chi connectivity index (χ1) is 14.8. The molecule has 31 heavy (non-hydrogen) atoms. The third-order valence-electron chi connectivity index (χ3n) is 4.55. The number of nitrogens with two attached hydrogens (primary N) is 1.